The van der Waals surface area contributed by atoms with Crippen molar-refractivity contribution in [3.05, 3.63) is 65.2 Å². The molecule has 0 unspecified atom stereocenters. The van der Waals surface area contributed by atoms with Gasteiger partial charge in [-0.25, -0.2) is 0 Å². The number of fused-ring (bicyclic) bond motifs is 2. The summed E-state index contributed by atoms with van der Waals surface area (Å²) in [7, 11) is 0. The van der Waals surface area contributed by atoms with Gasteiger partial charge in [-0.15, -0.1) is 0 Å². The molecule has 3 rings (SSSR count). The number of hydrogen-bond donors (Lipinski definition) is 1. The van der Waals surface area contributed by atoms with Crippen molar-refractivity contribution < 1.29 is 4.79 Å². The highest BCUT2D eigenvalue weighted by molar-refractivity contribution is 5.95. The second kappa shape index (κ2) is 7.13. The molecule has 2 aromatic rings. The van der Waals surface area contributed by atoms with Crippen LogP contribution in [-0.2, 0) is 11.3 Å². The molecule has 2 aromatic carbocycles. The summed E-state index contributed by atoms with van der Waals surface area (Å²) in [6.45, 7) is 1.18. The van der Waals surface area contributed by atoms with Crippen LogP contribution in [0.2, 0.25) is 0 Å². The van der Waals surface area contributed by atoms with E-state index < -0.39 is 0 Å². The number of hydrogen-bond acceptors (Lipinski definition) is 2. The van der Waals surface area contributed by atoms with Gasteiger partial charge in [-0.05, 0) is 43.1 Å². The van der Waals surface area contributed by atoms with E-state index in [1.54, 1.807) is 0 Å². The van der Waals surface area contributed by atoms with E-state index in [2.05, 4.69) is 11.8 Å². The molecule has 0 atom stereocenters. The van der Waals surface area contributed by atoms with Crippen LogP contribution in [0, 0.1) is 11.8 Å². The zero-order chi connectivity index (χ0) is 16.1. The Kier molecular flexibility index (Phi) is 4.75. The Bertz CT molecular complexity index is 770. The Morgan fingerprint density at radius 1 is 1.00 bits per heavy atom. The van der Waals surface area contributed by atoms with Crippen LogP contribution in [0.3, 0.4) is 0 Å². The number of para-hydroxylation sites is 1. The molecule has 0 fully saturated rings. The van der Waals surface area contributed by atoms with Crippen LogP contribution < -0.4 is 10.6 Å². The third-order valence-corrected chi connectivity index (χ3v) is 4.02. The first-order valence-electron chi connectivity index (χ1n) is 7.99. The molecule has 1 amide bonds. The maximum absolute atomic E-state index is 12.7. The first kappa shape index (κ1) is 15.3. The fraction of sp³-hybridized carbons (Fsp3) is 0.250. The van der Waals surface area contributed by atoms with E-state index in [4.69, 9.17) is 5.73 Å². The minimum atomic E-state index is 0.129. The molecule has 0 saturated carbocycles. The Hall–Kier alpha value is -2.57. The lowest BCUT2D eigenvalue weighted by Crippen LogP contribution is -2.31. The van der Waals surface area contributed by atoms with Crippen molar-refractivity contribution in [1.82, 2.24) is 0 Å². The van der Waals surface area contributed by atoms with Crippen LogP contribution in [0.4, 0.5) is 5.69 Å². The van der Waals surface area contributed by atoms with E-state index in [9.17, 15) is 4.79 Å². The molecule has 1 aliphatic rings. The highest BCUT2D eigenvalue weighted by atomic mass is 16.2. The van der Waals surface area contributed by atoms with Gasteiger partial charge in [0.05, 0.1) is 12.2 Å². The van der Waals surface area contributed by atoms with E-state index in [1.807, 2.05) is 53.4 Å². The van der Waals surface area contributed by atoms with Crippen LogP contribution in [0.15, 0.2) is 48.5 Å². The molecule has 3 heteroatoms. The average Bonchev–Trinajstić information content (AvgIpc) is 2.57. The van der Waals surface area contributed by atoms with Crippen molar-refractivity contribution in [2.75, 3.05) is 11.4 Å². The maximum atomic E-state index is 12.7. The first-order chi connectivity index (χ1) is 11.3. The van der Waals surface area contributed by atoms with Crippen LogP contribution in [0.25, 0.3) is 0 Å². The monoisotopic (exact) mass is 304 g/mol. The molecule has 2 N–H and O–H groups in total. The number of rotatable bonds is 4. The molecule has 0 aromatic heterocycles. The highest BCUT2D eigenvalue weighted by Gasteiger charge is 2.20. The number of carbonyl (C=O) groups excluding carboxylic acids is 1. The summed E-state index contributed by atoms with van der Waals surface area (Å²) in [5, 5.41) is 0. The number of amides is 1. The fourth-order valence-electron chi connectivity index (χ4n) is 2.76. The molecule has 1 aliphatic heterocycles. The van der Waals surface area contributed by atoms with Gasteiger partial charge in [-0.2, -0.15) is 0 Å². The van der Waals surface area contributed by atoms with E-state index in [-0.39, 0.29) is 5.91 Å². The summed E-state index contributed by atoms with van der Waals surface area (Å²) in [4.78, 5) is 14.6. The maximum Gasteiger partial charge on any atom is 0.227 e. The van der Waals surface area contributed by atoms with Gasteiger partial charge in [0.25, 0.3) is 0 Å². The number of nitrogens with zero attached hydrogens (tertiary/aromatic N) is 1. The topological polar surface area (TPSA) is 46.3 Å². The fourth-order valence-corrected chi connectivity index (χ4v) is 2.76. The van der Waals surface area contributed by atoms with Crippen molar-refractivity contribution in [2.24, 2.45) is 5.73 Å². The lowest BCUT2D eigenvalue weighted by atomic mass is 10.0. The van der Waals surface area contributed by atoms with Gasteiger partial charge in [-0.3, -0.25) is 4.79 Å². The van der Waals surface area contributed by atoms with Crippen LogP contribution in [0.5, 0.6) is 0 Å². The Labute approximate surface area is 137 Å². The predicted octanol–water partition coefficient (Wildman–Crippen LogP) is 3.06. The van der Waals surface area contributed by atoms with Gasteiger partial charge in [-0.1, -0.05) is 42.2 Å². The molecule has 0 spiro atoms. The minimum absolute atomic E-state index is 0.129. The van der Waals surface area contributed by atoms with Crippen molar-refractivity contribution in [1.29, 1.82) is 0 Å². The lowest BCUT2D eigenvalue weighted by molar-refractivity contribution is -0.118. The van der Waals surface area contributed by atoms with Gasteiger partial charge < -0.3 is 10.6 Å². The largest absolute Gasteiger partial charge is 0.330 e. The van der Waals surface area contributed by atoms with Gasteiger partial charge in [0, 0.05) is 17.5 Å². The zero-order valence-corrected chi connectivity index (χ0v) is 13.1. The molecule has 1 heterocycles. The summed E-state index contributed by atoms with van der Waals surface area (Å²) in [6.07, 6.45) is 2.21. The summed E-state index contributed by atoms with van der Waals surface area (Å²) < 4.78 is 0. The third kappa shape index (κ3) is 3.44. The normalized spacial score (nSPS) is 12.3. The smallest absolute Gasteiger partial charge is 0.227 e. The summed E-state index contributed by atoms with van der Waals surface area (Å²) in [5.74, 6) is 6.57. The van der Waals surface area contributed by atoms with E-state index in [0.717, 1.165) is 35.2 Å². The molecule has 0 bridgehead atoms. The minimum Gasteiger partial charge on any atom is -0.330 e. The van der Waals surface area contributed by atoms with Gasteiger partial charge in [0.2, 0.25) is 5.91 Å². The zero-order valence-electron chi connectivity index (χ0n) is 13.1. The number of carbonyl (C=O) groups is 1. The molecule has 3 nitrogen and oxygen atoms in total. The molecule has 0 radical (unpaired) electrons. The van der Waals surface area contributed by atoms with Crippen LogP contribution in [-0.4, -0.2) is 12.5 Å². The number of benzene rings is 2. The second-order valence-corrected chi connectivity index (χ2v) is 5.65. The average molecular weight is 304 g/mol. The highest BCUT2D eigenvalue weighted by Crippen LogP contribution is 2.26. The van der Waals surface area contributed by atoms with Gasteiger partial charge in [0.15, 0.2) is 0 Å². The van der Waals surface area contributed by atoms with Crippen molar-refractivity contribution in [3.63, 3.8) is 0 Å². The van der Waals surface area contributed by atoms with Crippen molar-refractivity contribution in [3.8, 4) is 11.8 Å². The number of anilines is 1. The number of nitrogens with two attached hydrogens (primary N) is 1. The van der Waals surface area contributed by atoms with E-state index in [1.165, 1.54) is 0 Å². The first-order valence-corrected chi connectivity index (χ1v) is 7.99. The van der Waals surface area contributed by atoms with Gasteiger partial charge >= 0.3 is 0 Å². The van der Waals surface area contributed by atoms with Crippen molar-refractivity contribution in [2.45, 2.75) is 25.8 Å². The quantitative estimate of drug-likeness (QED) is 0.697. The summed E-state index contributed by atoms with van der Waals surface area (Å²) in [6, 6.07) is 15.9. The molecule has 0 saturated heterocycles. The van der Waals surface area contributed by atoms with E-state index in [0.29, 0.717) is 19.5 Å². The SMILES string of the molecule is NCCCCC(=O)N1Cc2ccccc2C#Cc2ccccc21. The van der Waals surface area contributed by atoms with Crippen molar-refractivity contribution >= 4 is 11.6 Å². The van der Waals surface area contributed by atoms with Crippen LogP contribution in [0.1, 0.15) is 36.0 Å². The second-order valence-electron chi connectivity index (χ2n) is 5.65. The molecule has 0 aliphatic carbocycles. The summed E-state index contributed by atoms with van der Waals surface area (Å²) >= 11 is 0. The standard InChI is InChI=1S/C20H20N2O/c21-14-6-5-11-20(23)22-15-18-9-2-1-7-16(18)12-13-17-8-3-4-10-19(17)22/h1-4,7-10H,5-6,11,14-15,21H2. The van der Waals surface area contributed by atoms with Gasteiger partial charge in [0.1, 0.15) is 0 Å². The molecular formula is C20H20N2O. The lowest BCUT2D eigenvalue weighted by Gasteiger charge is -2.26. The molecular weight excluding hydrogens is 284 g/mol. The van der Waals surface area contributed by atoms with E-state index >= 15 is 0 Å². The molecule has 23 heavy (non-hydrogen) atoms. The molecule has 116 valence electrons. The summed E-state index contributed by atoms with van der Waals surface area (Å²) in [5.41, 5.74) is 9.40. The Morgan fingerprint density at radius 2 is 1.70 bits per heavy atom. The predicted molar refractivity (Wildman–Crippen MR) is 93.0 cm³/mol. The number of unbranched alkanes of at least 4 members (excludes halogenated alkanes) is 1. The third-order valence-electron chi connectivity index (χ3n) is 4.02. The Morgan fingerprint density at radius 3 is 2.52 bits per heavy atom. The Balaban J connectivity index is 1.99. The van der Waals surface area contributed by atoms with Crippen LogP contribution >= 0.6 is 0 Å².